The largest absolute Gasteiger partial charge is 0.465 e. The molecular formula is C21H42O3. The molecule has 0 aromatic heterocycles. The Hall–Kier alpha value is -0.570. The van der Waals surface area contributed by atoms with Gasteiger partial charge in [-0.1, -0.05) is 110 Å². The van der Waals surface area contributed by atoms with E-state index in [1.165, 1.54) is 96.3 Å². The van der Waals surface area contributed by atoms with Gasteiger partial charge in [0.2, 0.25) is 0 Å². The van der Waals surface area contributed by atoms with Crippen LogP contribution < -0.4 is 0 Å². The number of hydrogen-bond donors (Lipinski definition) is 1. The molecule has 3 nitrogen and oxygen atoms in total. The van der Waals surface area contributed by atoms with Crippen molar-refractivity contribution in [3.8, 4) is 0 Å². The Labute approximate surface area is 150 Å². The fraction of sp³-hybridized carbons (Fsp3) is 0.952. The van der Waals surface area contributed by atoms with Gasteiger partial charge in [-0.3, -0.25) is 4.79 Å². The lowest BCUT2D eigenvalue weighted by atomic mass is 10.0. The van der Waals surface area contributed by atoms with Gasteiger partial charge >= 0.3 is 0 Å². The molecule has 0 aromatic carbocycles. The quantitative estimate of drug-likeness (QED) is 0.212. The third-order valence-electron chi connectivity index (χ3n) is 4.75. The molecule has 3 heteroatoms. The van der Waals surface area contributed by atoms with Crippen LogP contribution in [-0.4, -0.2) is 24.3 Å². The maximum atomic E-state index is 10.00. The normalized spacial score (nSPS) is 12.2. The monoisotopic (exact) mass is 342 g/mol. The molecule has 24 heavy (non-hydrogen) atoms. The number of aliphatic hydroxyl groups excluding tert-OH is 1. The van der Waals surface area contributed by atoms with Crippen LogP contribution in [0.25, 0.3) is 0 Å². The van der Waals surface area contributed by atoms with Gasteiger partial charge in [0.1, 0.15) is 6.61 Å². The van der Waals surface area contributed by atoms with Crippen molar-refractivity contribution in [2.75, 3.05) is 6.61 Å². The average Bonchev–Trinajstić information content (AvgIpc) is 2.59. The van der Waals surface area contributed by atoms with Gasteiger partial charge < -0.3 is 9.84 Å². The van der Waals surface area contributed by atoms with E-state index in [-0.39, 0.29) is 6.61 Å². The number of aliphatic hydroxyl groups is 1. The molecule has 0 rings (SSSR count). The van der Waals surface area contributed by atoms with Crippen LogP contribution >= 0.6 is 0 Å². The van der Waals surface area contributed by atoms with Crippen LogP contribution in [0.15, 0.2) is 0 Å². The zero-order valence-electron chi connectivity index (χ0n) is 16.1. The Morgan fingerprint density at radius 2 is 1.08 bits per heavy atom. The minimum Gasteiger partial charge on any atom is -0.465 e. The van der Waals surface area contributed by atoms with E-state index >= 15 is 0 Å². The van der Waals surface area contributed by atoms with Crippen molar-refractivity contribution in [3.05, 3.63) is 0 Å². The fourth-order valence-corrected chi connectivity index (χ4v) is 3.16. The second kappa shape index (κ2) is 20.5. The lowest BCUT2D eigenvalue weighted by Crippen LogP contribution is -2.14. The highest BCUT2D eigenvalue weighted by atomic mass is 16.5. The zero-order valence-corrected chi connectivity index (χ0v) is 16.1. The predicted octanol–water partition coefficient (Wildman–Crippen LogP) is 6.17. The van der Waals surface area contributed by atoms with Crippen LogP contribution in [0.2, 0.25) is 0 Å². The van der Waals surface area contributed by atoms with Crippen LogP contribution in [0.3, 0.4) is 0 Å². The van der Waals surface area contributed by atoms with E-state index in [9.17, 15) is 9.90 Å². The molecule has 0 aromatic rings. The van der Waals surface area contributed by atoms with E-state index in [0.717, 1.165) is 12.8 Å². The Kier molecular flexibility index (Phi) is 20.0. The van der Waals surface area contributed by atoms with Crippen molar-refractivity contribution in [1.29, 1.82) is 0 Å². The topological polar surface area (TPSA) is 46.5 Å². The molecule has 0 radical (unpaired) electrons. The second-order valence-electron chi connectivity index (χ2n) is 7.18. The summed E-state index contributed by atoms with van der Waals surface area (Å²) in [6.07, 6.45) is 22.0. The summed E-state index contributed by atoms with van der Waals surface area (Å²) in [7, 11) is 0. The molecule has 0 spiro atoms. The number of hydrogen-bond acceptors (Lipinski definition) is 3. The van der Waals surface area contributed by atoms with Gasteiger partial charge in [-0.2, -0.15) is 0 Å². The van der Waals surface area contributed by atoms with Gasteiger partial charge in [0.05, 0.1) is 6.10 Å². The number of carbonyl (C=O) groups excluding carboxylic acids is 1. The molecule has 0 aliphatic carbocycles. The SMILES string of the molecule is CCCCCCCCCCCCCCCCCCC(O)COC=O. The smallest absolute Gasteiger partial charge is 0.293 e. The first kappa shape index (κ1) is 23.4. The molecule has 0 aliphatic heterocycles. The summed E-state index contributed by atoms with van der Waals surface area (Å²) in [6.45, 7) is 2.82. The Morgan fingerprint density at radius 3 is 1.46 bits per heavy atom. The zero-order chi connectivity index (χ0) is 17.7. The molecule has 0 amide bonds. The van der Waals surface area contributed by atoms with Crippen LogP contribution in [-0.2, 0) is 9.53 Å². The predicted molar refractivity (Wildman–Crippen MR) is 102 cm³/mol. The minimum atomic E-state index is -0.484. The molecular weight excluding hydrogens is 300 g/mol. The summed E-state index contributed by atoms with van der Waals surface area (Å²) in [4.78, 5) is 10.00. The van der Waals surface area contributed by atoms with Gasteiger partial charge in [-0.05, 0) is 6.42 Å². The molecule has 0 heterocycles. The summed E-state index contributed by atoms with van der Waals surface area (Å²) in [5.74, 6) is 0. The third-order valence-corrected chi connectivity index (χ3v) is 4.75. The first-order valence-electron chi connectivity index (χ1n) is 10.5. The molecule has 0 saturated heterocycles. The van der Waals surface area contributed by atoms with Crippen LogP contribution in [0.1, 0.15) is 116 Å². The summed E-state index contributed by atoms with van der Waals surface area (Å²) < 4.78 is 4.54. The van der Waals surface area contributed by atoms with E-state index in [0.29, 0.717) is 6.47 Å². The first-order valence-corrected chi connectivity index (χ1v) is 10.5. The molecule has 0 bridgehead atoms. The number of unbranched alkanes of at least 4 members (excludes halogenated alkanes) is 15. The first-order chi connectivity index (χ1) is 11.8. The van der Waals surface area contributed by atoms with Crippen molar-refractivity contribution in [2.24, 2.45) is 0 Å². The minimum absolute atomic E-state index is 0.141. The molecule has 0 saturated carbocycles. The highest BCUT2D eigenvalue weighted by Crippen LogP contribution is 2.14. The van der Waals surface area contributed by atoms with Crippen molar-refractivity contribution < 1.29 is 14.6 Å². The molecule has 144 valence electrons. The highest BCUT2D eigenvalue weighted by molar-refractivity contribution is 5.36. The second-order valence-corrected chi connectivity index (χ2v) is 7.18. The lowest BCUT2D eigenvalue weighted by molar-refractivity contribution is -0.131. The Balaban J connectivity index is 3.03. The van der Waals surface area contributed by atoms with Crippen molar-refractivity contribution in [1.82, 2.24) is 0 Å². The highest BCUT2D eigenvalue weighted by Gasteiger charge is 2.03. The van der Waals surface area contributed by atoms with Crippen molar-refractivity contribution in [3.63, 3.8) is 0 Å². The molecule has 1 atom stereocenters. The molecule has 1 N–H and O–H groups in total. The van der Waals surface area contributed by atoms with Crippen molar-refractivity contribution >= 4 is 6.47 Å². The Morgan fingerprint density at radius 1 is 0.708 bits per heavy atom. The number of carbonyl (C=O) groups is 1. The summed E-state index contributed by atoms with van der Waals surface area (Å²) in [5, 5.41) is 9.51. The van der Waals surface area contributed by atoms with E-state index in [4.69, 9.17) is 0 Å². The maximum Gasteiger partial charge on any atom is 0.293 e. The van der Waals surface area contributed by atoms with Crippen LogP contribution in [0.4, 0.5) is 0 Å². The van der Waals surface area contributed by atoms with Crippen molar-refractivity contribution in [2.45, 2.75) is 122 Å². The molecule has 1 unspecified atom stereocenters. The van der Waals surface area contributed by atoms with Gasteiger partial charge in [0.25, 0.3) is 6.47 Å². The number of rotatable bonds is 20. The maximum absolute atomic E-state index is 10.00. The molecule has 0 fully saturated rings. The average molecular weight is 343 g/mol. The summed E-state index contributed by atoms with van der Waals surface area (Å²) in [6, 6.07) is 0. The van der Waals surface area contributed by atoms with Gasteiger partial charge in [-0.15, -0.1) is 0 Å². The fourth-order valence-electron chi connectivity index (χ4n) is 3.16. The molecule has 0 aliphatic rings. The lowest BCUT2D eigenvalue weighted by Gasteiger charge is -2.08. The Bertz CT molecular complexity index is 243. The van der Waals surface area contributed by atoms with E-state index < -0.39 is 6.10 Å². The number of ether oxygens (including phenoxy) is 1. The van der Waals surface area contributed by atoms with Crippen LogP contribution in [0.5, 0.6) is 0 Å². The summed E-state index contributed by atoms with van der Waals surface area (Å²) >= 11 is 0. The third kappa shape index (κ3) is 19.5. The summed E-state index contributed by atoms with van der Waals surface area (Å²) in [5.41, 5.74) is 0. The van der Waals surface area contributed by atoms with Gasteiger partial charge in [-0.25, -0.2) is 0 Å². The van der Waals surface area contributed by atoms with Crippen LogP contribution in [0, 0.1) is 0 Å². The van der Waals surface area contributed by atoms with E-state index in [1.54, 1.807) is 0 Å². The van der Waals surface area contributed by atoms with E-state index in [1.807, 2.05) is 0 Å². The standard InChI is InChI=1S/C21H42O3/c1-2-3-4-5-6-7-8-9-10-11-12-13-14-15-16-17-18-21(23)19-24-20-22/h20-21,23H,2-19H2,1H3. The van der Waals surface area contributed by atoms with Gasteiger partial charge in [0, 0.05) is 0 Å². The van der Waals surface area contributed by atoms with E-state index in [2.05, 4.69) is 11.7 Å². The van der Waals surface area contributed by atoms with Gasteiger partial charge in [0.15, 0.2) is 0 Å².